The molecule has 0 bridgehead atoms. The average Bonchev–Trinajstić information content (AvgIpc) is 2.57. The number of allylic oxidation sites excluding steroid dienone is 8. The van der Waals surface area contributed by atoms with Crippen LogP contribution in [-0.4, -0.2) is 6.54 Å². The van der Waals surface area contributed by atoms with E-state index < -0.39 is 0 Å². The second-order valence-corrected chi connectivity index (χ2v) is 5.54. The third kappa shape index (κ3) is 20.3. The van der Waals surface area contributed by atoms with Gasteiger partial charge in [-0.05, 0) is 56.9 Å². The molecule has 3 nitrogen and oxygen atoms in total. The van der Waals surface area contributed by atoms with Crippen LogP contribution in [0.25, 0.3) is 10.4 Å². The van der Waals surface area contributed by atoms with Crippen LogP contribution in [-0.2, 0) is 0 Å². The van der Waals surface area contributed by atoms with E-state index in [0.717, 1.165) is 38.5 Å². The summed E-state index contributed by atoms with van der Waals surface area (Å²) in [5, 5.41) is 3.52. The lowest BCUT2D eigenvalue weighted by Gasteiger charge is -1.91. The molecule has 0 aliphatic carbocycles. The van der Waals surface area contributed by atoms with Crippen LogP contribution in [0.3, 0.4) is 0 Å². The smallest absolute Gasteiger partial charge is 0.0258 e. The van der Waals surface area contributed by atoms with E-state index in [0.29, 0.717) is 6.54 Å². The van der Waals surface area contributed by atoms with Crippen LogP contribution in [0.4, 0.5) is 0 Å². The first-order valence-electron chi connectivity index (χ1n) is 9.02. The highest BCUT2D eigenvalue weighted by Crippen LogP contribution is 2.01. The highest BCUT2D eigenvalue weighted by Gasteiger charge is 1.83. The summed E-state index contributed by atoms with van der Waals surface area (Å²) in [6, 6.07) is 0. The third-order valence-corrected chi connectivity index (χ3v) is 3.40. The molecule has 0 unspecified atom stereocenters. The molecule has 0 aliphatic rings. The Hall–Kier alpha value is -1.73. The van der Waals surface area contributed by atoms with E-state index in [1.807, 2.05) is 0 Å². The van der Waals surface area contributed by atoms with Gasteiger partial charge in [0.25, 0.3) is 0 Å². The monoisotopic (exact) mass is 315 g/mol. The topological polar surface area (TPSA) is 48.8 Å². The Bertz CT molecular complexity index is 399. The van der Waals surface area contributed by atoms with Gasteiger partial charge in [-0.25, -0.2) is 0 Å². The summed E-state index contributed by atoms with van der Waals surface area (Å²) in [6.07, 6.45) is 29.2. The van der Waals surface area contributed by atoms with Crippen molar-refractivity contribution < 1.29 is 0 Å². The number of unbranched alkanes of at least 4 members (excludes halogenated alkanes) is 5. The van der Waals surface area contributed by atoms with Crippen molar-refractivity contribution in [3.8, 4) is 0 Å². The third-order valence-electron chi connectivity index (χ3n) is 3.40. The maximum atomic E-state index is 8.14. The lowest BCUT2D eigenvalue weighted by atomic mass is 10.2. The van der Waals surface area contributed by atoms with Gasteiger partial charge in [-0.15, -0.1) is 0 Å². The Balaban J connectivity index is 3.39. The number of rotatable bonds is 15. The molecule has 0 aromatic carbocycles. The molecule has 0 saturated carbocycles. The minimum Gasteiger partial charge on any atom is -0.0940 e. The molecule has 0 rings (SSSR count). The van der Waals surface area contributed by atoms with Gasteiger partial charge in [-0.2, -0.15) is 0 Å². The standard InChI is InChI=1S/C20H33N3/c1-2-3-4-5-6-7-8-9-10-11-12-13-14-15-16-17-18-19-20-22-23-21/h6-7,9-10,12-13,15-16H,2-5,8,11,14,17-20H2,1H3/b7-6-,10-9-,13-12-,16-15-. The van der Waals surface area contributed by atoms with Gasteiger partial charge in [0, 0.05) is 11.5 Å². The molecular formula is C20H33N3. The van der Waals surface area contributed by atoms with Crippen LogP contribution in [0.2, 0.25) is 0 Å². The van der Waals surface area contributed by atoms with E-state index in [2.05, 4.69) is 65.6 Å². The molecule has 0 amide bonds. The van der Waals surface area contributed by atoms with Crippen molar-refractivity contribution in [2.45, 2.75) is 71.1 Å². The Morgan fingerprint density at radius 2 is 1.17 bits per heavy atom. The molecule has 0 spiro atoms. The maximum Gasteiger partial charge on any atom is 0.0258 e. The predicted molar refractivity (Wildman–Crippen MR) is 102 cm³/mol. The van der Waals surface area contributed by atoms with Crippen molar-refractivity contribution in [3.63, 3.8) is 0 Å². The first-order valence-corrected chi connectivity index (χ1v) is 9.02. The van der Waals surface area contributed by atoms with Gasteiger partial charge in [0.1, 0.15) is 0 Å². The molecular weight excluding hydrogens is 282 g/mol. The van der Waals surface area contributed by atoms with Gasteiger partial charge in [-0.1, -0.05) is 73.5 Å². The number of hydrogen-bond acceptors (Lipinski definition) is 1. The molecule has 3 heteroatoms. The van der Waals surface area contributed by atoms with Crippen LogP contribution in [0.5, 0.6) is 0 Å². The molecule has 0 aromatic heterocycles. The SMILES string of the molecule is CCCCC/C=C\C/C=C\C/C=C\C/C=C\CCCCN=[N+]=[N-]. The van der Waals surface area contributed by atoms with Gasteiger partial charge < -0.3 is 0 Å². The Morgan fingerprint density at radius 1 is 0.696 bits per heavy atom. The average molecular weight is 316 g/mol. The van der Waals surface area contributed by atoms with Crippen LogP contribution in [0, 0.1) is 0 Å². The van der Waals surface area contributed by atoms with Gasteiger partial charge in [0.2, 0.25) is 0 Å². The highest BCUT2D eigenvalue weighted by molar-refractivity contribution is 4.99. The Morgan fingerprint density at radius 3 is 1.65 bits per heavy atom. The van der Waals surface area contributed by atoms with E-state index in [9.17, 15) is 0 Å². The molecule has 0 atom stereocenters. The number of hydrogen-bond donors (Lipinski definition) is 0. The van der Waals surface area contributed by atoms with Crippen LogP contribution < -0.4 is 0 Å². The Labute approximate surface area is 142 Å². The minimum absolute atomic E-state index is 0.616. The lowest BCUT2D eigenvalue weighted by molar-refractivity contribution is 0.728. The first-order chi connectivity index (χ1) is 11.4. The van der Waals surface area contributed by atoms with Crippen molar-refractivity contribution in [1.82, 2.24) is 0 Å². The lowest BCUT2D eigenvalue weighted by Crippen LogP contribution is -1.77. The largest absolute Gasteiger partial charge is 0.0940 e. The van der Waals surface area contributed by atoms with E-state index >= 15 is 0 Å². The van der Waals surface area contributed by atoms with Crippen molar-refractivity contribution in [1.29, 1.82) is 0 Å². The molecule has 0 aromatic rings. The zero-order valence-electron chi connectivity index (χ0n) is 14.7. The van der Waals surface area contributed by atoms with Crippen molar-refractivity contribution in [3.05, 3.63) is 59.1 Å². The summed E-state index contributed by atoms with van der Waals surface area (Å²) in [7, 11) is 0. The molecule has 0 saturated heterocycles. The molecule has 23 heavy (non-hydrogen) atoms. The van der Waals surface area contributed by atoms with Crippen LogP contribution in [0.15, 0.2) is 53.7 Å². The van der Waals surface area contributed by atoms with Gasteiger partial charge >= 0.3 is 0 Å². The van der Waals surface area contributed by atoms with Gasteiger partial charge in [0.15, 0.2) is 0 Å². The highest BCUT2D eigenvalue weighted by atomic mass is 15.1. The summed E-state index contributed by atoms with van der Waals surface area (Å²) < 4.78 is 0. The molecule has 0 fully saturated rings. The van der Waals surface area contributed by atoms with E-state index in [4.69, 9.17) is 5.53 Å². The Kier molecular flexibility index (Phi) is 18.7. The van der Waals surface area contributed by atoms with E-state index in [1.165, 1.54) is 25.7 Å². The molecule has 0 N–H and O–H groups in total. The van der Waals surface area contributed by atoms with E-state index in [-0.39, 0.29) is 0 Å². The van der Waals surface area contributed by atoms with Gasteiger partial charge in [-0.3, -0.25) is 0 Å². The predicted octanol–water partition coefficient (Wildman–Crippen LogP) is 7.44. The fourth-order valence-electron chi connectivity index (χ4n) is 2.05. The van der Waals surface area contributed by atoms with Crippen LogP contribution in [0.1, 0.15) is 71.1 Å². The second kappa shape index (κ2) is 20.3. The fraction of sp³-hybridized carbons (Fsp3) is 0.600. The van der Waals surface area contributed by atoms with Crippen LogP contribution >= 0.6 is 0 Å². The summed E-state index contributed by atoms with van der Waals surface area (Å²) in [5.74, 6) is 0. The van der Waals surface area contributed by atoms with E-state index in [1.54, 1.807) is 0 Å². The summed E-state index contributed by atoms with van der Waals surface area (Å²) in [6.45, 7) is 2.86. The molecule has 128 valence electrons. The van der Waals surface area contributed by atoms with Crippen molar-refractivity contribution in [2.24, 2.45) is 5.11 Å². The summed E-state index contributed by atoms with van der Waals surface area (Å²) >= 11 is 0. The first kappa shape index (κ1) is 21.3. The number of nitrogens with zero attached hydrogens (tertiary/aromatic N) is 3. The fourth-order valence-corrected chi connectivity index (χ4v) is 2.05. The second-order valence-electron chi connectivity index (χ2n) is 5.54. The van der Waals surface area contributed by atoms with Gasteiger partial charge in [0.05, 0.1) is 0 Å². The maximum absolute atomic E-state index is 8.14. The summed E-state index contributed by atoms with van der Waals surface area (Å²) in [4.78, 5) is 2.74. The zero-order chi connectivity index (χ0) is 16.8. The molecule has 0 heterocycles. The van der Waals surface area contributed by atoms with Crippen molar-refractivity contribution >= 4 is 0 Å². The molecule has 0 aliphatic heterocycles. The number of azide groups is 1. The normalized spacial score (nSPS) is 12.0. The summed E-state index contributed by atoms with van der Waals surface area (Å²) in [5.41, 5.74) is 8.14. The minimum atomic E-state index is 0.616. The zero-order valence-corrected chi connectivity index (χ0v) is 14.7. The quantitative estimate of drug-likeness (QED) is 0.0990. The van der Waals surface area contributed by atoms with Crippen molar-refractivity contribution in [2.75, 3.05) is 6.54 Å². The molecule has 0 radical (unpaired) electrons.